The predicted molar refractivity (Wildman–Crippen MR) is 97.7 cm³/mol. The minimum absolute atomic E-state index is 0.0850. The van der Waals surface area contributed by atoms with Crippen molar-refractivity contribution in [3.05, 3.63) is 30.6 Å². The Morgan fingerprint density at radius 3 is 2.68 bits per heavy atom. The number of hydrogen-bond donors (Lipinski definition) is 1. The summed E-state index contributed by atoms with van der Waals surface area (Å²) in [6.45, 7) is 0.238. The van der Waals surface area contributed by atoms with Gasteiger partial charge in [0.05, 0.1) is 5.54 Å². The minimum Gasteiger partial charge on any atom is -0.485 e. The first-order chi connectivity index (χ1) is 13.6. The minimum atomic E-state index is -0.622. The van der Waals surface area contributed by atoms with E-state index in [1.165, 1.54) is 12.7 Å². The highest BCUT2D eigenvalue weighted by Gasteiger charge is 2.60. The third kappa shape index (κ3) is 2.43. The summed E-state index contributed by atoms with van der Waals surface area (Å²) in [6, 6.07) is 7.48. The number of fused-ring (bicyclic) bond motifs is 1. The lowest BCUT2D eigenvalue weighted by atomic mass is 9.50. The Labute approximate surface area is 162 Å². The zero-order valence-corrected chi connectivity index (χ0v) is 15.6. The number of nitrogens with zero attached hydrogens (tertiary/aromatic N) is 4. The van der Waals surface area contributed by atoms with Crippen LogP contribution in [0, 0.1) is 11.8 Å². The largest absolute Gasteiger partial charge is 0.485 e. The summed E-state index contributed by atoms with van der Waals surface area (Å²) in [4.78, 5) is 14.9. The molecular weight excluding hydrogens is 358 g/mol. The number of carbonyl (C=O) groups is 1. The number of carbonyl (C=O) groups excluding carboxylic acids is 1. The van der Waals surface area contributed by atoms with E-state index in [9.17, 15) is 4.79 Å². The highest BCUT2D eigenvalue weighted by Crippen LogP contribution is 2.60. The number of ether oxygens (including phenoxy) is 2. The molecule has 1 aliphatic heterocycles. The van der Waals surface area contributed by atoms with Gasteiger partial charge in [-0.3, -0.25) is 4.79 Å². The molecule has 0 radical (unpaired) electrons. The van der Waals surface area contributed by atoms with Gasteiger partial charge < -0.3 is 14.8 Å². The highest BCUT2D eigenvalue weighted by atomic mass is 16.6. The van der Waals surface area contributed by atoms with Crippen LogP contribution in [-0.4, -0.2) is 44.4 Å². The fraction of sp³-hybridized carbons (Fsp3) is 0.600. The Bertz CT molecular complexity index is 900. The van der Waals surface area contributed by atoms with Gasteiger partial charge in [-0.1, -0.05) is 12.1 Å². The molecule has 4 aliphatic carbocycles. The molecule has 8 nitrogen and oxygen atoms in total. The van der Waals surface area contributed by atoms with Gasteiger partial charge in [-0.2, -0.15) is 4.80 Å². The van der Waals surface area contributed by atoms with Gasteiger partial charge in [-0.05, 0) is 67.7 Å². The molecule has 0 spiro atoms. The average molecular weight is 381 g/mol. The first-order valence-corrected chi connectivity index (χ1v) is 10.1. The van der Waals surface area contributed by atoms with Gasteiger partial charge >= 0.3 is 0 Å². The summed E-state index contributed by atoms with van der Waals surface area (Å²) in [6.07, 6.45) is 7.19. The smallest absolute Gasteiger partial charge is 0.265 e. The fourth-order valence-corrected chi connectivity index (χ4v) is 6.47. The van der Waals surface area contributed by atoms with Crippen LogP contribution in [0.4, 0.5) is 0 Å². The molecule has 1 aromatic heterocycles. The summed E-state index contributed by atoms with van der Waals surface area (Å²) in [5.74, 6) is 2.42. The van der Waals surface area contributed by atoms with E-state index in [-0.39, 0.29) is 23.6 Å². The fourth-order valence-electron chi connectivity index (χ4n) is 6.47. The van der Waals surface area contributed by atoms with Crippen LogP contribution in [0.5, 0.6) is 11.5 Å². The third-order valence-electron chi connectivity index (χ3n) is 6.99. The Hall–Kier alpha value is -2.64. The molecule has 3 atom stereocenters. The van der Waals surface area contributed by atoms with Crippen molar-refractivity contribution in [3.8, 4) is 11.5 Å². The van der Waals surface area contributed by atoms with Crippen molar-refractivity contribution in [2.75, 3.05) is 6.61 Å². The maximum atomic E-state index is 13.1. The molecule has 2 heterocycles. The standard InChI is InChI=1S/C20H23N5O3/c26-18(17-10-27-15-3-1-2-4-16(15)28-17)23-19-6-13-5-14(7-19)9-20(8-13,11-19)25-22-12-21-24-25/h1-4,12-14,17H,5-11H2,(H,23,26). The van der Waals surface area contributed by atoms with Crippen LogP contribution < -0.4 is 14.8 Å². The van der Waals surface area contributed by atoms with Crippen molar-refractivity contribution in [2.45, 2.75) is 55.7 Å². The highest BCUT2D eigenvalue weighted by molar-refractivity contribution is 5.82. The van der Waals surface area contributed by atoms with Gasteiger partial charge in [0.25, 0.3) is 5.91 Å². The van der Waals surface area contributed by atoms with Crippen LogP contribution in [0.1, 0.15) is 38.5 Å². The van der Waals surface area contributed by atoms with Crippen LogP contribution >= 0.6 is 0 Å². The first kappa shape index (κ1) is 16.3. The van der Waals surface area contributed by atoms with Crippen LogP contribution in [0.15, 0.2) is 30.6 Å². The summed E-state index contributed by atoms with van der Waals surface area (Å²) in [5, 5.41) is 15.9. The molecule has 1 aromatic carbocycles. The van der Waals surface area contributed by atoms with E-state index in [2.05, 4.69) is 20.7 Å². The van der Waals surface area contributed by atoms with Gasteiger partial charge in [0.1, 0.15) is 6.61 Å². The molecule has 4 saturated carbocycles. The number of amides is 1. The number of hydrogen-bond acceptors (Lipinski definition) is 6. The maximum Gasteiger partial charge on any atom is 0.265 e. The lowest BCUT2D eigenvalue weighted by Gasteiger charge is -2.61. The van der Waals surface area contributed by atoms with Crippen LogP contribution in [-0.2, 0) is 10.3 Å². The quantitative estimate of drug-likeness (QED) is 0.870. The van der Waals surface area contributed by atoms with Gasteiger partial charge in [0.2, 0.25) is 6.10 Å². The molecule has 1 N–H and O–H groups in total. The van der Waals surface area contributed by atoms with Crippen molar-refractivity contribution in [3.63, 3.8) is 0 Å². The molecule has 146 valence electrons. The molecule has 5 aliphatic rings. The van der Waals surface area contributed by atoms with Crippen molar-refractivity contribution in [1.82, 2.24) is 25.5 Å². The number of tetrazole rings is 1. The lowest BCUT2D eigenvalue weighted by molar-refractivity contribution is -0.140. The Balaban J connectivity index is 1.24. The SMILES string of the molecule is O=C(NC12CC3CC(C1)CC(n1ncnn1)(C3)C2)C1COc2ccccc2O1. The number of rotatable bonds is 3. The van der Waals surface area contributed by atoms with E-state index >= 15 is 0 Å². The second kappa shape index (κ2) is 5.68. The molecule has 2 aromatic rings. The topological polar surface area (TPSA) is 91.2 Å². The van der Waals surface area contributed by atoms with Crippen molar-refractivity contribution >= 4 is 5.91 Å². The molecule has 7 rings (SSSR count). The number of nitrogens with one attached hydrogen (secondary N) is 1. The molecule has 3 unspecified atom stereocenters. The molecular formula is C20H23N5O3. The molecule has 1 amide bonds. The first-order valence-electron chi connectivity index (χ1n) is 10.1. The number of benzene rings is 1. The van der Waals surface area contributed by atoms with Crippen molar-refractivity contribution < 1.29 is 14.3 Å². The molecule has 8 heteroatoms. The lowest BCUT2D eigenvalue weighted by Crippen LogP contribution is -2.67. The Kier molecular flexibility index (Phi) is 3.31. The van der Waals surface area contributed by atoms with Gasteiger partial charge in [-0.15, -0.1) is 10.2 Å². The van der Waals surface area contributed by atoms with E-state index in [1.54, 1.807) is 0 Å². The molecule has 0 saturated heterocycles. The van der Waals surface area contributed by atoms with Crippen LogP contribution in [0.2, 0.25) is 0 Å². The second-order valence-corrected chi connectivity index (χ2v) is 9.04. The van der Waals surface area contributed by atoms with Crippen molar-refractivity contribution in [1.29, 1.82) is 0 Å². The second-order valence-electron chi connectivity index (χ2n) is 9.04. The summed E-state index contributed by atoms with van der Waals surface area (Å²) in [5.41, 5.74) is -0.334. The number of aromatic nitrogens is 4. The Morgan fingerprint density at radius 2 is 1.93 bits per heavy atom. The molecule has 4 fully saturated rings. The average Bonchev–Trinajstić information content (AvgIpc) is 3.22. The predicted octanol–water partition coefficient (Wildman–Crippen LogP) is 1.68. The summed E-state index contributed by atoms with van der Waals surface area (Å²) >= 11 is 0. The van der Waals surface area contributed by atoms with Crippen LogP contribution in [0.25, 0.3) is 0 Å². The number of para-hydroxylation sites is 2. The van der Waals surface area contributed by atoms with Crippen LogP contribution in [0.3, 0.4) is 0 Å². The zero-order valence-electron chi connectivity index (χ0n) is 15.6. The van der Waals surface area contributed by atoms with Gasteiger partial charge in [0, 0.05) is 5.54 Å². The van der Waals surface area contributed by atoms with E-state index < -0.39 is 6.10 Å². The van der Waals surface area contributed by atoms with Crippen molar-refractivity contribution in [2.24, 2.45) is 11.8 Å². The summed E-state index contributed by atoms with van der Waals surface area (Å²) in [7, 11) is 0. The maximum absolute atomic E-state index is 13.1. The van der Waals surface area contributed by atoms with E-state index in [0.29, 0.717) is 23.3 Å². The molecule has 28 heavy (non-hydrogen) atoms. The van der Waals surface area contributed by atoms with E-state index in [1.807, 2.05) is 29.1 Å². The molecule has 4 bridgehead atoms. The Morgan fingerprint density at radius 1 is 1.14 bits per heavy atom. The van der Waals surface area contributed by atoms with Gasteiger partial charge in [-0.25, -0.2) is 0 Å². The van der Waals surface area contributed by atoms with E-state index in [0.717, 1.165) is 32.1 Å². The monoisotopic (exact) mass is 381 g/mol. The third-order valence-corrected chi connectivity index (χ3v) is 6.99. The van der Waals surface area contributed by atoms with Gasteiger partial charge in [0.15, 0.2) is 17.8 Å². The normalized spacial score (nSPS) is 37.6. The zero-order chi connectivity index (χ0) is 18.8. The van der Waals surface area contributed by atoms with E-state index in [4.69, 9.17) is 9.47 Å². The summed E-state index contributed by atoms with van der Waals surface area (Å²) < 4.78 is 11.7.